The van der Waals surface area contributed by atoms with Crippen molar-refractivity contribution in [3.05, 3.63) is 12.2 Å². The minimum Gasteiger partial charge on any atom is -0.456 e. The van der Waals surface area contributed by atoms with Gasteiger partial charge in [-0.05, 0) is 57.3 Å². The van der Waals surface area contributed by atoms with Crippen LogP contribution in [0.2, 0.25) is 0 Å². The molecule has 4 rings (SSSR count). The molecule has 0 radical (unpaired) electrons. The molecule has 0 amide bonds. The Balaban J connectivity index is 1.89. The summed E-state index contributed by atoms with van der Waals surface area (Å²) in [4.78, 5) is 24.4. The largest absolute Gasteiger partial charge is 0.456 e. The molecule has 4 saturated carbocycles. The Morgan fingerprint density at radius 2 is 1.80 bits per heavy atom. The Bertz CT molecular complexity index is 463. The summed E-state index contributed by atoms with van der Waals surface area (Å²) < 4.78 is 5.84. The standard InChI is InChI=1S/C17H24O3/c1-4-14(18)16-6-12-5-13(7-16)9-17(8-12,10-16)20-15(19)11(2)3/h12-13H,2,4-10H2,1,3H3. The second-order valence-corrected chi connectivity index (χ2v) is 7.37. The SMILES string of the molecule is C=C(C)C(=O)OC12CC3CC(C1)CC(C(=O)CC)(C3)C2. The number of carbonyl (C=O) groups is 2. The summed E-state index contributed by atoms with van der Waals surface area (Å²) in [5.74, 6) is 1.21. The summed E-state index contributed by atoms with van der Waals surface area (Å²) in [5, 5.41) is 0. The van der Waals surface area contributed by atoms with Crippen molar-refractivity contribution >= 4 is 11.8 Å². The molecule has 0 spiro atoms. The quantitative estimate of drug-likeness (QED) is 0.583. The molecule has 0 aromatic rings. The van der Waals surface area contributed by atoms with E-state index in [0.717, 1.165) is 32.1 Å². The molecular weight excluding hydrogens is 252 g/mol. The number of carbonyl (C=O) groups excluding carboxylic acids is 2. The fourth-order valence-corrected chi connectivity index (χ4v) is 5.28. The molecule has 0 heterocycles. The molecule has 2 unspecified atom stereocenters. The van der Waals surface area contributed by atoms with Gasteiger partial charge < -0.3 is 4.74 Å². The third-order valence-electron chi connectivity index (χ3n) is 5.58. The molecule has 4 aliphatic rings. The van der Waals surface area contributed by atoms with Crippen LogP contribution >= 0.6 is 0 Å². The molecule has 4 bridgehead atoms. The lowest BCUT2D eigenvalue weighted by Crippen LogP contribution is -2.59. The Labute approximate surface area is 120 Å². The number of esters is 1. The van der Waals surface area contributed by atoms with Gasteiger partial charge in [0.25, 0.3) is 0 Å². The first-order chi connectivity index (χ1) is 9.38. The zero-order valence-corrected chi connectivity index (χ0v) is 12.5. The van der Waals surface area contributed by atoms with Crippen LogP contribution in [0.25, 0.3) is 0 Å². The van der Waals surface area contributed by atoms with E-state index in [1.165, 1.54) is 6.42 Å². The zero-order valence-electron chi connectivity index (χ0n) is 12.5. The minimum atomic E-state index is -0.384. The van der Waals surface area contributed by atoms with Gasteiger partial charge in [0.15, 0.2) is 0 Å². The fraction of sp³-hybridized carbons (Fsp3) is 0.765. The third kappa shape index (κ3) is 2.02. The van der Waals surface area contributed by atoms with E-state index < -0.39 is 0 Å². The van der Waals surface area contributed by atoms with Gasteiger partial charge in [0.05, 0.1) is 0 Å². The average Bonchev–Trinajstić information content (AvgIpc) is 2.35. The van der Waals surface area contributed by atoms with Gasteiger partial charge in [-0.1, -0.05) is 13.5 Å². The van der Waals surface area contributed by atoms with E-state index in [-0.39, 0.29) is 17.0 Å². The average molecular weight is 276 g/mol. The van der Waals surface area contributed by atoms with Crippen molar-refractivity contribution in [3.8, 4) is 0 Å². The molecule has 4 fully saturated rings. The Kier molecular flexibility index (Phi) is 3.07. The van der Waals surface area contributed by atoms with Gasteiger partial charge in [-0.15, -0.1) is 0 Å². The monoisotopic (exact) mass is 276 g/mol. The zero-order chi connectivity index (χ0) is 14.5. The summed E-state index contributed by atoms with van der Waals surface area (Å²) in [5.41, 5.74) is -0.129. The van der Waals surface area contributed by atoms with Crippen molar-refractivity contribution in [3.63, 3.8) is 0 Å². The van der Waals surface area contributed by atoms with Crippen LogP contribution in [0.3, 0.4) is 0 Å². The van der Waals surface area contributed by atoms with Crippen molar-refractivity contribution < 1.29 is 14.3 Å². The van der Waals surface area contributed by atoms with E-state index in [2.05, 4.69) is 6.58 Å². The molecule has 3 nitrogen and oxygen atoms in total. The van der Waals surface area contributed by atoms with Crippen LogP contribution in [0.4, 0.5) is 0 Å². The van der Waals surface area contributed by atoms with E-state index >= 15 is 0 Å². The predicted octanol–water partition coefficient (Wildman–Crippen LogP) is 3.42. The second kappa shape index (κ2) is 4.44. The summed E-state index contributed by atoms with van der Waals surface area (Å²) >= 11 is 0. The normalized spacial score (nSPS) is 41.5. The van der Waals surface area contributed by atoms with Crippen LogP contribution in [0.15, 0.2) is 12.2 Å². The molecule has 0 aromatic carbocycles. The van der Waals surface area contributed by atoms with Gasteiger partial charge in [-0.25, -0.2) is 4.79 Å². The smallest absolute Gasteiger partial charge is 0.333 e. The van der Waals surface area contributed by atoms with Crippen LogP contribution in [0.5, 0.6) is 0 Å². The van der Waals surface area contributed by atoms with E-state index in [1.54, 1.807) is 6.92 Å². The van der Waals surface area contributed by atoms with Crippen LogP contribution in [-0.4, -0.2) is 17.4 Å². The highest BCUT2D eigenvalue weighted by atomic mass is 16.6. The summed E-state index contributed by atoms with van der Waals surface area (Å²) in [6, 6.07) is 0. The van der Waals surface area contributed by atoms with Gasteiger partial charge in [0.1, 0.15) is 11.4 Å². The van der Waals surface area contributed by atoms with Gasteiger partial charge in [0.2, 0.25) is 0 Å². The molecular formula is C17H24O3. The highest BCUT2D eigenvalue weighted by Gasteiger charge is 2.61. The van der Waals surface area contributed by atoms with Gasteiger partial charge in [-0.2, -0.15) is 0 Å². The predicted molar refractivity (Wildman–Crippen MR) is 76.1 cm³/mol. The molecule has 2 atom stereocenters. The molecule has 4 aliphatic carbocycles. The molecule has 0 N–H and O–H groups in total. The lowest BCUT2D eigenvalue weighted by atomic mass is 9.46. The van der Waals surface area contributed by atoms with Crippen molar-refractivity contribution in [2.75, 3.05) is 0 Å². The second-order valence-electron chi connectivity index (χ2n) is 7.37. The van der Waals surface area contributed by atoms with E-state index in [1.807, 2.05) is 6.92 Å². The maximum atomic E-state index is 12.5. The lowest BCUT2D eigenvalue weighted by Gasteiger charge is -2.60. The van der Waals surface area contributed by atoms with Crippen molar-refractivity contribution in [2.45, 2.75) is 64.4 Å². The third-order valence-corrected chi connectivity index (χ3v) is 5.58. The fourth-order valence-electron chi connectivity index (χ4n) is 5.28. The molecule has 110 valence electrons. The van der Waals surface area contributed by atoms with Crippen molar-refractivity contribution in [2.24, 2.45) is 17.3 Å². The van der Waals surface area contributed by atoms with Gasteiger partial charge >= 0.3 is 5.97 Å². The first-order valence-corrected chi connectivity index (χ1v) is 7.80. The first-order valence-electron chi connectivity index (χ1n) is 7.80. The maximum absolute atomic E-state index is 12.5. The van der Waals surface area contributed by atoms with Gasteiger partial charge in [-0.3, -0.25) is 4.79 Å². The van der Waals surface area contributed by atoms with E-state index in [0.29, 0.717) is 29.6 Å². The van der Waals surface area contributed by atoms with Crippen LogP contribution in [0.1, 0.15) is 58.8 Å². The summed E-state index contributed by atoms with van der Waals surface area (Å²) in [7, 11) is 0. The molecule has 3 heteroatoms. The van der Waals surface area contributed by atoms with Crippen molar-refractivity contribution in [1.29, 1.82) is 0 Å². The first kappa shape index (κ1) is 13.8. The number of rotatable bonds is 4. The number of hydrogen-bond acceptors (Lipinski definition) is 3. The van der Waals surface area contributed by atoms with Crippen molar-refractivity contribution in [1.82, 2.24) is 0 Å². The van der Waals surface area contributed by atoms with Gasteiger partial charge in [0, 0.05) is 17.4 Å². The minimum absolute atomic E-state index is 0.200. The Morgan fingerprint density at radius 1 is 1.20 bits per heavy atom. The summed E-state index contributed by atoms with van der Waals surface area (Å²) in [6.45, 7) is 7.32. The molecule has 0 aliphatic heterocycles. The topological polar surface area (TPSA) is 43.4 Å². The maximum Gasteiger partial charge on any atom is 0.333 e. The number of ether oxygens (including phenoxy) is 1. The highest BCUT2D eigenvalue weighted by Crippen LogP contribution is 2.63. The highest BCUT2D eigenvalue weighted by molar-refractivity contribution is 5.88. The Hall–Kier alpha value is -1.12. The van der Waals surface area contributed by atoms with Crippen LogP contribution < -0.4 is 0 Å². The molecule has 0 aromatic heterocycles. The molecule has 0 saturated heterocycles. The van der Waals surface area contributed by atoms with E-state index in [4.69, 9.17) is 4.74 Å². The lowest BCUT2D eigenvalue weighted by molar-refractivity contribution is -0.200. The number of hydrogen-bond donors (Lipinski definition) is 0. The Morgan fingerprint density at radius 3 is 2.30 bits per heavy atom. The van der Waals surface area contributed by atoms with Crippen LogP contribution in [0, 0.1) is 17.3 Å². The van der Waals surface area contributed by atoms with Crippen LogP contribution in [-0.2, 0) is 14.3 Å². The number of Topliss-reactive ketones (excluding diaryl/α,β-unsaturated/α-hetero) is 1. The van der Waals surface area contributed by atoms with E-state index in [9.17, 15) is 9.59 Å². The number of ketones is 1. The molecule has 20 heavy (non-hydrogen) atoms. The summed E-state index contributed by atoms with van der Waals surface area (Å²) in [6.07, 6.45) is 6.49.